The smallest absolute Gasteiger partial charge is 0.303 e. The van der Waals surface area contributed by atoms with Crippen molar-refractivity contribution in [1.29, 1.82) is 0 Å². The minimum absolute atomic E-state index is 0.338. The van der Waals surface area contributed by atoms with E-state index in [-0.39, 0.29) is 0 Å². The molecule has 0 radical (unpaired) electrons. The number of unbranched alkanes of at least 4 members (excludes halogenated alkanes) is 2. The normalized spacial score (nSPS) is 23.1. The monoisotopic (exact) mass is 498 g/mol. The summed E-state index contributed by atoms with van der Waals surface area (Å²) < 4.78 is 0. The van der Waals surface area contributed by atoms with Crippen molar-refractivity contribution >= 4 is 55.1 Å². The first-order chi connectivity index (χ1) is 14.6. The summed E-state index contributed by atoms with van der Waals surface area (Å²) in [5.41, 5.74) is 0. The van der Waals surface area contributed by atoms with Crippen molar-refractivity contribution in [3.05, 3.63) is 0 Å². The van der Waals surface area contributed by atoms with Crippen LogP contribution in [0.3, 0.4) is 0 Å². The van der Waals surface area contributed by atoms with E-state index in [2.05, 4.69) is 10.6 Å². The average molecular weight is 499 g/mol. The third-order valence-electron chi connectivity index (χ3n) is 4.75. The molecule has 3 heterocycles. The van der Waals surface area contributed by atoms with E-state index in [1.165, 1.54) is 37.2 Å². The molecule has 3 saturated heterocycles. The van der Waals surface area contributed by atoms with Crippen LogP contribution in [0.1, 0.15) is 64.2 Å². The molecule has 4 N–H and O–H groups in total. The molecule has 2 atom stereocenters. The van der Waals surface area contributed by atoms with Crippen molar-refractivity contribution in [3.8, 4) is 0 Å². The molecule has 3 aliphatic rings. The molecular formula is C20H38N2O4S4. The van der Waals surface area contributed by atoms with Crippen molar-refractivity contribution in [2.24, 2.45) is 0 Å². The Bertz CT molecular complexity index is 399. The van der Waals surface area contributed by atoms with Crippen LogP contribution in [0, 0.1) is 0 Å². The number of hydrogen-bond donors (Lipinski definition) is 4. The van der Waals surface area contributed by atoms with Gasteiger partial charge in [-0.15, -0.1) is 0 Å². The van der Waals surface area contributed by atoms with E-state index < -0.39 is 11.9 Å². The van der Waals surface area contributed by atoms with Gasteiger partial charge in [-0.05, 0) is 38.5 Å². The fourth-order valence-electron chi connectivity index (χ4n) is 3.03. The summed E-state index contributed by atoms with van der Waals surface area (Å²) in [5, 5.41) is 24.8. The van der Waals surface area contributed by atoms with Crippen LogP contribution in [-0.4, -0.2) is 70.3 Å². The SMILES string of the molecule is C1CNCCN1.O=C(O)CCCC[C@@H]1CCSS1.O=C(O)CCCC[C@@H]1CCSS1. The van der Waals surface area contributed by atoms with E-state index in [4.69, 9.17) is 10.2 Å². The van der Waals surface area contributed by atoms with Crippen LogP contribution in [0.25, 0.3) is 0 Å². The zero-order valence-electron chi connectivity index (χ0n) is 17.8. The highest BCUT2D eigenvalue weighted by Crippen LogP contribution is 2.40. The van der Waals surface area contributed by atoms with Gasteiger partial charge in [0, 0.05) is 61.0 Å². The molecule has 0 saturated carbocycles. The van der Waals surface area contributed by atoms with Crippen LogP contribution in [0.15, 0.2) is 0 Å². The van der Waals surface area contributed by atoms with Gasteiger partial charge in [-0.1, -0.05) is 56.0 Å². The lowest BCUT2D eigenvalue weighted by Gasteiger charge is -2.11. The Morgan fingerprint density at radius 1 is 0.700 bits per heavy atom. The molecule has 0 unspecified atom stereocenters. The van der Waals surface area contributed by atoms with Gasteiger partial charge in [0.1, 0.15) is 0 Å². The predicted molar refractivity (Wildman–Crippen MR) is 135 cm³/mol. The fraction of sp³-hybridized carbons (Fsp3) is 0.900. The fourth-order valence-corrected chi connectivity index (χ4v) is 9.08. The zero-order valence-corrected chi connectivity index (χ0v) is 21.1. The van der Waals surface area contributed by atoms with Gasteiger partial charge in [-0.25, -0.2) is 0 Å². The van der Waals surface area contributed by atoms with Gasteiger partial charge >= 0.3 is 11.9 Å². The average Bonchev–Trinajstić information content (AvgIpc) is 3.45. The molecular weight excluding hydrogens is 460 g/mol. The van der Waals surface area contributed by atoms with Crippen molar-refractivity contribution in [2.75, 3.05) is 37.7 Å². The molecule has 0 aliphatic carbocycles. The molecule has 3 rings (SSSR count). The number of nitrogens with one attached hydrogen (secondary N) is 2. The maximum absolute atomic E-state index is 10.2. The summed E-state index contributed by atoms with van der Waals surface area (Å²) in [4.78, 5) is 20.4. The Morgan fingerprint density at radius 2 is 1.10 bits per heavy atom. The third-order valence-corrected chi connectivity index (χ3v) is 10.8. The van der Waals surface area contributed by atoms with Gasteiger partial charge < -0.3 is 20.8 Å². The largest absolute Gasteiger partial charge is 0.481 e. The lowest BCUT2D eigenvalue weighted by molar-refractivity contribution is -0.138. The van der Waals surface area contributed by atoms with E-state index in [1.54, 1.807) is 0 Å². The van der Waals surface area contributed by atoms with E-state index in [9.17, 15) is 9.59 Å². The first-order valence-electron chi connectivity index (χ1n) is 11.0. The van der Waals surface area contributed by atoms with E-state index in [0.29, 0.717) is 12.8 Å². The van der Waals surface area contributed by atoms with E-state index >= 15 is 0 Å². The maximum Gasteiger partial charge on any atom is 0.303 e. The van der Waals surface area contributed by atoms with Crippen LogP contribution in [-0.2, 0) is 9.59 Å². The van der Waals surface area contributed by atoms with Crippen molar-refractivity contribution in [2.45, 2.75) is 74.7 Å². The molecule has 0 amide bonds. The Balaban J connectivity index is 0.000000237. The van der Waals surface area contributed by atoms with Crippen molar-refractivity contribution in [1.82, 2.24) is 10.6 Å². The number of rotatable bonds is 10. The van der Waals surface area contributed by atoms with Gasteiger partial charge in [0.15, 0.2) is 0 Å². The minimum atomic E-state index is -0.663. The molecule has 3 fully saturated rings. The van der Waals surface area contributed by atoms with Gasteiger partial charge in [0.25, 0.3) is 0 Å². The predicted octanol–water partition coefficient (Wildman–Crippen LogP) is 4.75. The first kappa shape index (κ1) is 28.3. The summed E-state index contributed by atoms with van der Waals surface area (Å²) in [7, 11) is 7.83. The van der Waals surface area contributed by atoms with Crippen LogP contribution in [0.4, 0.5) is 0 Å². The highest BCUT2D eigenvalue weighted by atomic mass is 33.1. The summed E-state index contributed by atoms with van der Waals surface area (Å²) in [5.74, 6) is 1.22. The minimum Gasteiger partial charge on any atom is -0.481 e. The number of aliphatic carboxylic acids is 2. The molecule has 3 aliphatic heterocycles. The van der Waals surface area contributed by atoms with Crippen LogP contribution in [0.5, 0.6) is 0 Å². The number of carboxylic acid groups (broad SMARTS) is 2. The molecule has 0 bridgehead atoms. The number of carbonyl (C=O) groups is 2. The maximum atomic E-state index is 10.2. The molecule has 6 nitrogen and oxygen atoms in total. The molecule has 176 valence electrons. The van der Waals surface area contributed by atoms with Crippen LogP contribution < -0.4 is 10.6 Å². The highest BCUT2D eigenvalue weighted by Gasteiger charge is 2.16. The second kappa shape index (κ2) is 19.9. The Hall–Kier alpha value is 0.260. The summed E-state index contributed by atoms with van der Waals surface area (Å²) in [6.07, 6.45) is 9.53. The molecule has 0 aromatic rings. The van der Waals surface area contributed by atoms with E-state index in [1.807, 2.05) is 43.2 Å². The summed E-state index contributed by atoms with van der Waals surface area (Å²) >= 11 is 0. The Morgan fingerprint density at radius 3 is 1.37 bits per heavy atom. The van der Waals surface area contributed by atoms with Crippen LogP contribution >= 0.6 is 43.2 Å². The van der Waals surface area contributed by atoms with Gasteiger partial charge in [-0.2, -0.15) is 0 Å². The lowest BCUT2D eigenvalue weighted by atomic mass is 10.1. The summed E-state index contributed by atoms with van der Waals surface area (Å²) in [6, 6.07) is 0. The highest BCUT2D eigenvalue weighted by molar-refractivity contribution is 8.77. The topological polar surface area (TPSA) is 98.7 Å². The third kappa shape index (κ3) is 17.9. The quantitative estimate of drug-likeness (QED) is 0.249. The molecule has 0 aromatic carbocycles. The summed E-state index contributed by atoms with van der Waals surface area (Å²) in [6.45, 7) is 4.56. The molecule has 10 heteroatoms. The Labute approximate surface area is 197 Å². The Kier molecular flexibility index (Phi) is 18.8. The van der Waals surface area contributed by atoms with Crippen molar-refractivity contribution < 1.29 is 19.8 Å². The van der Waals surface area contributed by atoms with Gasteiger partial charge in [0.05, 0.1) is 0 Å². The second-order valence-corrected chi connectivity index (χ2v) is 13.0. The molecule has 0 spiro atoms. The number of hydrogen-bond acceptors (Lipinski definition) is 8. The first-order valence-corrected chi connectivity index (χ1v) is 15.8. The zero-order chi connectivity index (χ0) is 21.9. The molecule has 30 heavy (non-hydrogen) atoms. The lowest BCUT2D eigenvalue weighted by Crippen LogP contribution is -2.39. The number of piperazine rings is 1. The molecule has 0 aromatic heterocycles. The van der Waals surface area contributed by atoms with Crippen LogP contribution in [0.2, 0.25) is 0 Å². The van der Waals surface area contributed by atoms with Gasteiger partial charge in [-0.3, -0.25) is 9.59 Å². The standard InChI is InChI=1S/2C8H14O2S2.C4H10N2/c2*9-8(10)4-2-1-3-7-5-6-11-12-7;1-2-6-4-3-5-1/h2*7H,1-6H2,(H,9,10);5-6H,1-4H2/t2*7-;/m11./s1. The van der Waals surface area contributed by atoms with E-state index in [0.717, 1.165) is 62.4 Å². The number of carboxylic acids is 2. The van der Waals surface area contributed by atoms with Gasteiger partial charge in [0.2, 0.25) is 0 Å². The van der Waals surface area contributed by atoms with Crippen molar-refractivity contribution in [3.63, 3.8) is 0 Å². The second-order valence-electron chi connectivity index (χ2n) is 7.44.